The molecule has 0 aliphatic heterocycles. The molecule has 36 heavy (non-hydrogen) atoms. The molecule has 1 rings (SSSR count). The van der Waals surface area contributed by atoms with E-state index >= 15 is 0 Å². The van der Waals surface area contributed by atoms with E-state index < -0.39 is 54.3 Å². The summed E-state index contributed by atoms with van der Waals surface area (Å²) in [6.07, 6.45) is 0.846. The van der Waals surface area contributed by atoms with Gasteiger partial charge in [-0.1, -0.05) is 30.3 Å². The average molecular weight is 508 g/mol. The molecule has 0 aromatic heterocycles. The molecule has 13 nitrogen and oxygen atoms in total. The molecule has 0 fully saturated rings. The zero-order valence-corrected chi connectivity index (χ0v) is 20.2. The van der Waals surface area contributed by atoms with Crippen LogP contribution in [0.5, 0.6) is 0 Å². The monoisotopic (exact) mass is 507 g/mol. The van der Waals surface area contributed by atoms with Crippen molar-refractivity contribution in [3.63, 3.8) is 0 Å². The lowest BCUT2D eigenvalue weighted by Gasteiger charge is -2.23. The summed E-state index contributed by atoms with van der Waals surface area (Å²) in [5.41, 5.74) is 17.3. The first-order valence-corrected chi connectivity index (χ1v) is 11.7. The van der Waals surface area contributed by atoms with Crippen molar-refractivity contribution >= 4 is 29.6 Å². The van der Waals surface area contributed by atoms with Crippen LogP contribution in [0.1, 0.15) is 31.2 Å². The van der Waals surface area contributed by atoms with Gasteiger partial charge in [0.2, 0.25) is 23.6 Å². The molecule has 3 atom stereocenters. The lowest BCUT2D eigenvalue weighted by molar-refractivity contribution is -0.137. The van der Waals surface area contributed by atoms with Crippen LogP contribution in [0.15, 0.2) is 30.3 Å². The molecule has 0 heterocycles. The van der Waals surface area contributed by atoms with Crippen molar-refractivity contribution in [2.75, 3.05) is 26.2 Å². The van der Waals surface area contributed by atoms with Gasteiger partial charge in [-0.2, -0.15) is 0 Å². The second-order valence-corrected chi connectivity index (χ2v) is 8.16. The quantitative estimate of drug-likeness (QED) is 0.110. The van der Waals surface area contributed by atoms with Crippen LogP contribution in [0.25, 0.3) is 0 Å². The second-order valence-electron chi connectivity index (χ2n) is 8.16. The minimum atomic E-state index is -1.01. The first-order valence-electron chi connectivity index (χ1n) is 11.7. The van der Waals surface area contributed by atoms with Crippen molar-refractivity contribution in [1.82, 2.24) is 21.3 Å². The molecule has 0 radical (unpaired) electrons. The van der Waals surface area contributed by atoms with Crippen LogP contribution >= 0.6 is 0 Å². The molecule has 1 aromatic carbocycles. The van der Waals surface area contributed by atoms with E-state index in [4.69, 9.17) is 22.3 Å². The number of nitrogens with one attached hydrogen (secondary N) is 4. The highest BCUT2D eigenvalue weighted by Gasteiger charge is 2.25. The lowest BCUT2D eigenvalue weighted by atomic mass is 10.1. The van der Waals surface area contributed by atoms with Crippen LogP contribution in [0, 0.1) is 0 Å². The van der Waals surface area contributed by atoms with E-state index in [2.05, 4.69) is 21.3 Å². The molecule has 1 aromatic rings. The minimum absolute atomic E-state index is 0.0317. The summed E-state index contributed by atoms with van der Waals surface area (Å²) in [7, 11) is 0. The lowest BCUT2D eigenvalue weighted by Crippen LogP contribution is -2.54. The molecule has 4 amide bonds. The predicted molar refractivity (Wildman–Crippen MR) is 132 cm³/mol. The Morgan fingerprint density at radius 3 is 2.08 bits per heavy atom. The molecule has 200 valence electrons. The van der Waals surface area contributed by atoms with Crippen molar-refractivity contribution in [3.8, 4) is 0 Å². The number of amides is 4. The summed E-state index contributed by atoms with van der Waals surface area (Å²) in [4.78, 5) is 60.5. The number of carboxylic acid groups (broad SMARTS) is 1. The Bertz CT molecular complexity index is 868. The average Bonchev–Trinajstić information content (AvgIpc) is 2.87. The SMILES string of the molecule is NCCC[C@@H](NC(=O)CNC(=O)[C@@H](Cc1ccccc1)NC(=O)CN)C(=O)N[C@H](CN)CCC(=O)O. The summed E-state index contributed by atoms with van der Waals surface area (Å²) in [6.45, 7) is -0.413. The molecule has 0 aliphatic carbocycles. The summed E-state index contributed by atoms with van der Waals surface area (Å²) in [5.74, 6) is -3.28. The van der Waals surface area contributed by atoms with Crippen LogP contribution in [-0.2, 0) is 30.4 Å². The van der Waals surface area contributed by atoms with Gasteiger partial charge in [-0.15, -0.1) is 0 Å². The van der Waals surface area contributed by atoms with Crippen molar-refractivity contribution in [2.45, 2.75) is 50.2 Å². The molecular weight excluding hydrogens is 470 g/mol. The zero-order chi connectivity index (χ0) is 26.9. The predicted octanol–water partition coefficient (Wildman–Crippen LogP) is -2.68. The van der Waals surface area contributed by atoms with Gasteiger partial charge < -0.3 is 43.6 Å². The van der Waals surface area contributed by atoms with Crippen molar-refractivity contribution < 1.29 is 29.1 Å². The number of carbonyl (C=O) groups excluding carboxylic acids is 4. The van der Waals surface area contributed by atoms with Gasteiger partial charge >= 0.3 is 5.97 Å². The maximum atomic E-state index is 12.7. The van der Waals surface area contributed by atoms with Crippen LogP contribution in [-0.4, -0.2) is 79.0 Å². The number of hydrogen-bond acceptors (Lipinski definition) is 8. The summed E-state index contributed by atoms with van der Waals surface area (Å²) >= 11 is 0. The molecule has 11 N–H and O–H groups in total. The zero-order valence-electron chi connectivity index (χ0n) is 20.2. The summed E-state index contributed by atoms with van der Waals surface area (Å²) in [6, 6.07) is 6.54. The molecule has 0 spiro atoms. The number of aliphatic carboxylic acids is 1. The van der Waals surface area contributed by atoms with Gasteiger partial charge in [-0.25, -0.2) is 0 Å². The van der Waals surface area contributed by atoms with E-state index in [0.29, 0.717) is 6.42 Å². The third-order valence-corrected chi connectivity index (χ3v) is 5.23. The van der Waals surface area contributed by atoms with Gasteiger partial charge in [-0.05, 0) is 31.4 Å². The Morgan fingerprint density at radius 1 is 0.833 bits per heavy atom. The topological polar surface area (TPSA) is 232 Å². The summed E-state index contributed by atoms with van der Waals surface area (Å²) in [5, 5.41) is 19.0. The largest absolute Gasteiger partial charge is 0.481 e. The first-order chi connectivity index (χ1) is 17.2. The van der Waals surface area contributed by atoms with E-state index in [1.54, 1.807) is 24.3 Å². The van der Waals surface area contributed by atoms with Gasteiger partial charge in [0.15, 0.2) is 0 Å². The number of nitrogens with two attached hydrogens (primary N) is 3. The number of rotatable bonds is 17. The molecule has 0 unspecified atom stereocenters. The van der Waals surface area contributed by atoms with E-state index in [-0.39, 0.29) is 45.3 Å². The van der Waals surface area contributed by atoms with Crippen LogP contribution in [0.3, 0.4) is 0 Å². The Labute approximate surface area is 209 Å². The fourth-order valence-electron chi connectivity index (χ4n) is 3.29. The third kappa shape index (κ3) is 12.2. The van der Waals surface area contributed by atoms with Gasteiger partial charge in [0.25, 0.3) is 0 Å². The maximum Gasteiger partial charge on any atom is 0.303 e. The van der Waals surface area contributed by atoms with Gasteiger partial charge in [0.05, 0.1) is 13.1 Å². The molecule has 0 aliphatic rings. The smallest absolute Gasteiger partial charge is 0.303 e. The van der Waals surface area contributed by atoms with Crippen LogP contribution in [0.2, 0.25) is 0 Å². The van der Waals surface area contributed by atoms with E-state index in [0.717, 1.165) is 5.56 Å². The summed E-state index contributed by atoms with van der Waals surface area (Å²) < 4.78 is 0. The molecule has 13 heteroatoms. The fraction of sp³-hybridized carbons (Fsp3) is 0.522. The Kier molecular flexibility index (Phi) is 14.4. The van der Waals surface area contributed by atoms with Crippen LogP contribution < -0.4 is 38.5 Å². The maximum absolute atomic E-state index is 12.7. The Balaban J connectivity index is 2.73. The first kappa shape index (κ1) is 30.5. The van der Waals surface area contributed by atoms with Gasteiger partial charge in [-0.3, -0.25) is 24.0 Å². The van der Waals surface area contributed by atoms with Crippen molar-refractivity contribution in [3.05, 3.63) is 35.9 Å². The highest BCUT2D eigenvalue weighted by Crippen LogP contribution is 2.04. The van der Waals surface area contributed by atoms with E-state index in [9.17, 15) is 24.0 Å². The molecule has 0 saturated carbocycles. The Hall–Kier alpha value is -3.55. The highest BCUT2D eigenvalue weighted by molar-refractivity contribution is 5.93. The number of carboxylic acids is 1. The third-order valence-electron chi connectivity index (χ3n) is 5.23. The number of carbonyl (C=O) groups is 5. The highest BCUT2D eigenvalue weighted by atomic mass is 16.4. The fourth-order valence-corrected chi connectivity index (χ4v) is 3.29. The molecule has 0 saturated heterocycles. The number of benzene rings is 1. The van der Waals surface area contributed by atoms with Crippen LogP contribution in [0.4, 0.5) is 0 Å². The molecule has 0 bridgehead atoms. The van der Waals surface area contributed by atoms with E-state index in [1.165, 1.54) is 0 Å². The minimum Gasteiger partial charge on any atom is -0.481 e. The normalized spacial score (nSPS) is 13.1. The van der Waals surface area contributed by atoms with Gasteiger partial charge in [0, 0.05) is 25.4 Å². The standard InChI is InChI=1S/C23H37N7O6/c24-10-4-7-17(23(36)28-16(12-25)8-9-21(33)34)29-20(32)14-27-22(35)18(30-19(31)13-26)11-15-5-2-1-3-6-15/h1-3,5-6,16-18H,4,7-14,24-26H2,(H,27,35)(H,28,36)(H,29,32)(H,30,31)(H,33,34)/t16-,17+,18+/m0/s1. The van der Waals surface area contributed by atoms with Crippen molar-refractivity contribution in [1.29, 1.82) is 0 Å². The van der Waals surface area contributed by atoms with Crippen molar-refractivity contribution in [2.24, 2.45) is 17.2 Å². The molecular formula is C23H37N7O6. The van der Waals surface area contributed by atoms with E-state index in [1.807, 2.05) is 6.07 Å². The second kappa shape index (κ2) is 17.0. The Morgan fingerprint density at radius 2 is 1.50 bits per heavy atom. The number of hydrogen-bond donors (Lipinski definition) is 8. The van der Waals surface area contributed by atoms with Gasteiger partial charge in [0.1, 0.15) is 12.1 Å².